The molecule has 1 amide bonds. The normalized spacial score (nSPS) is 10.3. The van der Waals surface area contributed by atoms with Crippen molar-refractivity contribution in [3.8, 4) is 5.75 Å². The van der Waals surface area contributed by atoms with E-state index in [1.54, 1.807) is 30.0 Å². The van der Waals surface area contributed by atoms with Crippen molar-refractivity contribution in [1.82, 2.24) is 4.90 Å². The molecule has 1 aromatic rings. The second-order valence-electron chi connectivity index (χ2n) is 4.80. The number of carbonyl (C=O) groups is 2. The molecule has 0 aliphatic heterocycles. The molecular formula is C16H21Cl2NO4. The van der Waals surface area contributed by atoms with Gasteiger partial charge in [-0.2, -0.15) is 0 Å². The minimum Gasteiger partial charge on any atom is -0.482 e. The first kappa shape index (κ1) is 19.6. The van der Waals surface area contributed by atoms with Gasteiger partial charge in [-0.25, -0.2) is 0 Å². The lowest BCUT2D eigenvalue weighted by atomic mass is 10.3. The lowest BCUT2D eigenvalue weighted by Crippen LogP contribution is -2.37. The molecule has 0 N–H and O–H groups in total. The van der Waals surface area contributed by atoms with Gasteiger partial charge in [-0.1, -0.05) is 30.1 Å². The maximum atomic E-state index is 12.2. The molecule has 0 spiro atoms. The summed E-state index contributed by atoms with van der Waals surface area (Å²) >= 11 is 11.8. The number of benzene rings is 1. The summed E-state index contributed by atoms with van der Waals surface area (Å²) in [5.41, 5.74) is 0. The first-order valence-electron chi connectivity index (χ1n) is 7.49. The molecule has 23 heavy (non-hydrogen) atoms. The molecule has 0 atom stereocenters. The highest BCUT2D eigenvalue weighted by Crippen LogP contribution is 2.27. The first-order chi connectivity index (χ1) is 11.0. The summed E-state index contributed by atoms with van der Waals surface area (Å²) in [6, 6.07) is 4.80. The zero-order chi connectivity index (χ0) is 17.2. The maximum absolute atomic E-state index is 12.2. The van der Waals surface area contributed by atoms with Crippen molar-refractivity contribution in [3.63, 3.8) is 0 Å². The molecule has 0 bridgehead atoms. The number of ether oxygens (including phenoxy) is 2. The molecule has 7 heteroatoms. The monoisotopic (exact) mass is 361 g/mol. The van der Waals surface area contributed by atoms with Crippen LogP contribution in [0.2, 0.25) is 10.0 Å². The fraction of sp³-hybridized carbons (Fsp3) is 0.500. The van der Waals surface area contributed by atoms with Crippen LogP contribution in [0, 0.1) is 0 Å². The van der Waals surface area contributed by atoms with Crippen molar-refractivity contribution in [2.24, 2.45) is 0 Å². The molecule has 0 fully saturated rings. The van der Waals surface area contributed by atoms with E-state index in [-0.39, 0.29) is 24.9 Å². The number of halogens is 2. The van der Waals surface area contributed by atoms with Gasteiger partial charge in [0.15, 0.2) is 6.61 Å². The quantitative estimate of drug-likeness (QED) is 0.631. The second-order valence-corrected chi connectivity index (χ2v) is 5.64. The maximum Gasteiger partial charge on any atom is 0.307 e. The minimum absolute atomic E-state index is 0.149. The van der Waals surface area contributed by atoms with Crippen molar-refractivity contribution in [2.45, 2.75) is 26.7 Å². The highest BCUT2D eigenvalue weighted by Gasteiger charge is 2.16. The van der Waals surface area contributed by atoms with Crippen LogP contribution in [0.15, 0.2) is 18.2 Å². The average Bonchev–Trinajstić information content (AvgIpc) is 2.50. The van der Waals surface area contributed by atoms with E-state index < -0.39 is 0 Å². The zero-order valence-electron chi connectivity index (χ0n) is 13.3. The number of nitrogens with zero attached hydrogens (tertiary/aromatic N) is 1. The van der Waals surface area contributed by atoms with E-state index in [4.69, 9.17) is 32.7 Å². The summed E-state index contributed by atoms with van der Waals surface area (Å²) in [4.78, 5) is 25.2. The summed E-state index contributed by atoms with van der Waals surface area (Å²) < 4.78 is 10.3. The van der Waals surface area contributed by atoms with Crippen LogP contribution in [0.3, 0.4) is 0 Å². The van der Waals surface area contributed by atoms with E-state index in [0.717, 1.165) is 6.42 Å². The number of amides is 1. The van der Waals surface area contributed by atoms with Crippen LogP contribution in [0.5, 0.6) is 5.75 Å². The van der Waals surface area contributed by atoms with E-state index in [9.17, 15) is 9.59 Å². The molecule has 0 aliphatic rings. The number of hydrogen-bond acceptors (Lipinski definition) is 4. The van der Waals surface area contributed by atoms with E-state index >= 15 is 0 Å². The Morgan fingerprint density at radius 3 is 2.52 bits per heavy atom. The Bertz CT molecular complexity index is 537. The van der Waals surface area contributed by atoms with Crippen molar-refractivity contribution in [2.75, 3.05) is 26.3 Å². The molecule has 0 saturated heterocycles. The summed E-state index contributed by atoms with van der Waals surface area (Å²) in [7, 11) is 0. The number of hydrogen-bond donors (Lipinski definition) is 0. The lowest BCUT2D eigenvalue weighted by molar-refractivity contribution is -0.144. The number of carbonyl (C=O) groups excluding carboxylic acids is 2. The van der Waals surface area contributed by atoms with E-state index in [2.05, 4.69) is 0 Å². The van der Waals surface area contributed by atoms with Crippen molar-refractivity contribution >= 4 is 35.1 Å². The smallest absolute Gasteiger partial charge is 0.307 e. The summed E-state index contributed by atoms with van der Waals surface area (Å²) in [5.74, 6) is -0.128. The fourth-order valence-corrected chi connectivity index (χ4v) is 2.38. The minimum atomic E-state index is -0.317. The third-order valence-corrected chi connectivity index (χ3v) is 3.51. The summed E-state index contributed by atoms with van der Waals surface area (Å²) in [6.07, 6.45) is 0.956. The van der Waals surface area contributed by atoms with Crippen molar-refractivity contribution in [1.29, 1.82) is 0 Å². The zero-order valence-corrected chi connectivity index (χ0v) is 14.8. The highest BCUT2D eigenvalue weighted by atomic mass is 35.5. The molecule has 1 rings (SSSR count). The Kier molecular flexibility index (Phi) is 8.81. The van der Waals surface area contributed by atoms with Crippen molar-refractivity contribution < 1.29 is 19.1 Å². The van der Waals surface area contributed by atoms with Crippen LogP contribution in [0.4, 0.5) is 0 Å². The van der Waals surface area contributed by atoms with Crippen LogP contribution in [0.25, 0.3) is 0 Å². The molecule has 1 aromatic carbocycles. The largest absolute Gasteiger partial charge is 0.482 e. The molecular weight excluding hydrogens is 341 g/mol. The highest BCUT2D eigenvalue weighted by molar-refractivity contribution is 6.35. The molecule has 0 saturated carbocycles. The van der Waals surface area contributed by atoms with Crippen LogP contribution < -0.4 is 4.74 Å². The standard InChI is InChI=1S/C16H21Cl2NO4/c1-3-8-19(9-7-16(21)22-4-2)15(20)11-23-14-6-5-12(17)10-13(14)18/h5-6,10H,3-4,7-9,11H2,1-2H3. The van der Waals surface area contributed by atoms with Gasteiger partial charge in [-0.05, 0) is 31.5 Å². The number of esters is 1. The summed E-state index contributed by atoms with van der Waals surface area (Å²) in [5, 5.41) is 0.842. The molecule has 128 valence electrons. The van der Waals surface area contributed by atoms with Crippen LogP contribution >= 0.6 is 23.2 Å². The third-order valence-electron chi connectivity index (χ3n) is 2.98. The molecule has 0 aliphatic carbocycles. The molecule has 0 heterocycles. The van der Waals surface area contributed by atoms with Gasteiger partial charge in [0.25, 0.3) is 5.91 Å². The van der Waals surface area contributed by atoms with Gasteiger partial charge in [0.05, 0.1) is 18.1 Å². The van der Waals surface area contributed by atoms with Crippen LogP contribution in [0.1, 0.15) is 26.7 Å². The predicted octanol–water partition coefficient (Wildman–Crippen LogP) is 3.56. The Morgan fingerprint density at radius 2 is 1.91 bits per heavy atom. The van der Waals surface area contributed by atoms with Crippen molar-refractivity contribution in [3.05, 3.63) is 28.2 Å². The SMILES string of the molecule is CCCN(CCC(=O)OCC)C(=O)COc1ccc(Cl)cc1Cl. The topological polar surface area (TPSA) is 55.8 Å². The van der Waals surface area contributed by atoms with Gasteiger partial charge in [0.1, 0.15) is 5.75 Å². The second kappa shape index (κ2) is 10.3. The molecule has 0 aromatic heterocycles. The molecule has 5 nitrogen and oxygen atoms in total. The number of rotatable bonds is 9. The van der Waals surface area contributed by atoms with Gasteiger partial charge >= 0.3 is 5.97 Å². The lowest BCUT2D eigenvalue weighted by Gasteiger charge is -2.22. The van der Waals surface area contributed by atoms with E-state index in [0.29, 0.717) is 35.5 Å². The van der Waals surface area contributed by atoms with Gasteiger partial charge in [-0.15, -0.1) is 0 Å². The molecule has 0 radical (unpaired) electrons. The van der Waals surface area contributed by atoms with Gasteiger partial charge in [0.2, 0.25) is 0 Å². The predicted molar refractivity (Wildman–Crippen MR) is 90.1 cm³/mol. The van der Waals surface area contributed by atoms with E-state index in [1.165, 1.54) is 0 Å². The van der Waals surface area contributed by atoms with Gasteiger partial charge in [0, 0.05) is 18.1 Å². The third kappa shape index (κ3) is 7.10. The Morgan fingerprint density at radius 1 is 1.17 bits per heavy atom. The first-order valence-corrected chi connectivity index (χ1v) is 8.24. The summed E-state index contributed by atoms with van der Waals surface area (Å²) in [6.45, 7) is 4.75. The Labute approximate surface area is 146 Å². The fourth-order valence-electron chi connectivity index (χ4n) is 1.91. The average molecular weight is 362 g/mol. The van der Waals surface area contributed by atoms with Gasteiger partial charge < -0.3 is 14.4 Å². The molecule has 0 unspecified atom stereocenters. The van der Waals surface area contributed by atoms with E-state index in [1.807, 2.05) is 6.92 Å². The Hall–Kier alpha value is -1.46. The van der Waals surface area contributed by atoms with Gasteiger partial charge in [-0.3, -0.25) is 9.59 Å². The van der Waals surface area contributed by atoms with Crippen LogP contribution in [-0.4, -0.2) is 43.1 Å². The Balaban J connectivity index is 2.54. The van der Waals surface area contributed by atoms with Crippen LogP contribution in [-0.2, 0) is 14.3 Å².